The first-order valence-corrected chi connectivity index (χ1v) is 13.3. The Morgan fingerprint density at radius 3 is 2.58 bits per heavy atom. The third-order valence-electron chi connectivity index (χ3n) is 7.56. The van der Waals surface area contributed by atoms with E-state index in [1.807, 2.05) is 13.8 Å². The summed E-state index contributed by atoms with van der Waals surface area (Å²) in [5, 5.41) is 25.2. The van der Waals surface area contributed by atoms with E-state index in [2.05, 4.69) is 69.8 Å². The molecule has 5 heteroatoms. The molecule has 0 bridgehead atoms. The van der Waals surface area contributed by atoms with Gasteiger partial charge in [-0.25, -0.2) is 4.98 Å². The molecule has 4 nitrogen and oxygen atoms in total. The van der Waals surface area contributed by atoms with Crippen LogP contribution in [0.15, 0.2) is 35.4 Å². The highest BCUT2D eigenvalue weighted by Gasteiger charge is 2.40. The second-order valence-electron chi connectivity index (χ2n) is 10.7. The first kappa shape index (κ1) is 27.8. The molecule has 2 N–H and O–H groups in total. The van der Waals surface area contributed by atoms with Gasteiger partial charge >= 0.3 is 0 Å². The number of ether oxygens (including phenoxy) is 1. The first-order chi connectivity index (χ1) is 15.4. The molecular weight excluding hydrogens is 430 g/mol. The number of hydrogen-bond acceptors (Lipinski definition) is 5. The van der Waals surface area contributed by atoms with Crippen molar-refractivity contribution in [2.24, 2.45) is 23.2 Å². The fourth-order valence-corrected chi connectivity index (χ4v) is 5.26. The maximum Gasteiger partial charge on any atom is 0.123 e. The van der Waals surface area contributed by atoms with E-state index in [1.165, 1.54) is 0 Å². The van der Waals surface area contributed by atoms with Crippen LogP contribution in [0.25, 0.3) is 6.08 Å². The number of allylic oxidation sites excluding steroid dienone is 2. The lowest BCUT2D eigenvalue weighted by atomic mass is 9.68. The van der Waals surface area contributed by atoms with E-state index >= 15 is 0 Å². The van der Waals surface area contributed by atoms with Crippen molar-refractivity contribution >= 4 is 17.4 Å². The molecule has 3 unspecified atom stereocenters. The first-order valence-electron chi connectivity index (χ1n) is 12.4. The van der Waals surface area contributed by atoms with E-state index in [9.17, 15) is 10.2 Å². The number of hydrogen-bond donors (Lipinski definition) is 2. The van der Waals surface area contributed by atoms with Crippen molar-refractivity contribution in [1.29, 1.82) is 0 Å². The van der Waals surface area contributed by atoms with Crippen molar-refractivity contribution in [3.05, 3.63) is 46.1 Å². The Kier molecular flexibility index (Phi) is 10.4. The SMILES string of the molecule is C=C1C[C@H](C)C(C)(C)[C@H](O)C(C)C(O)C(C)CCC/C=C\C[C@@H](/C(C)=C/c2csc(C)n2)O1. The lowest BCUT2D eigenvalue weighted by Gasteiger charge is -2.42. The van der Waals surface area contributed by atoms with Crippen LogP contribution < -0.4 is 0 Å². The van der Waals surface area contributed by atoms with Crippen LogP contribution in [-0.4, -0.2) is 33.5 Å². The Morgan fingerprint density at radius 2 is 1.94 bits per heavy atom. The molecule has 0 saturated carbocycles. The van der Waals surface area contributed by atoms with E-state index in [0.717, 1.165) is 47.7 Å². The van der Waals surface area contributed by atoms with Crippen LogP contribution in [0.3, 0.4) is 0 Å². The zero-order valence-electron chi connectivity index (χ0n) is 21.7. The molecule has 6 atom stereocenters. The van der Waals surface area contributed by atoms with E-state index in [4.69, 9.17) is 4.74 Å². The number of rotatable bonds is 2. The van der Waals surface area contributed by atoms with Gasteiger partial charge in [-0.2, -0.15) is 0 Å². The average molecular weight is 476 g/mol. The molecule has 33 heavy (non-hydrogen) atoms. The van der Waals surface area contributed by atoms with Gasteiger partial charge in [0.25, 0.3) is 0 Å². The zero-order valence-corrected chi connectivity index (χ0v) is 22.5. The Balaban J connectivity index is 2.26. The van der Waals surface area contributed by atoms with Crippen molar-refractivity contribution in [2.45, 2.75) is 98.9 Å². The molecule has 0 aromatic carbocycles. The minimum Gasteiger partial charge on any atom is -0.491 e. The topological polar surface area (TPSA) is 62.6 Å². The lowest BCUT2D eigenvalue weighted by molar-refractivity contribution is -0.0791. The Hall–Kier alpha value is -1.43. The molecule has 0 saturated heterocycles. The van der Waals surface area contributed by atoms with Crippen molar-refractivity contribution in [1.82, 2.24) is 4.98 Å². The van der Waals surface area contributed by atoms with Gasteiger partial charge in [0, 0.05) is 24.1 Å². The minimum absolute atomic E-state index is 0.0939. The van der Waals surface area contributed by atoms with Crippen molar-refractivity contribution in [2.75, 3.05) is 0 Å². The maximum absolute atomic E-state index is 11.2. The number of nitrogens with zero attached hydrogens (tertiary/aromatic N) is 1. The average Bonchev–Trinajstić information content (AvgIpc) is 3.16. The van der Waals surface area contributed by atoms with Crippen LogP contribution in [0.4, 0.5) is 0 Å². The van der Waals surface area contributed by atoms with Gasteiger partial charge in [0.15, 0.2) is 0 Å². The summed E-state index contributed by atoms with van der Waals surface area (Å²) in [4.78, 5) is 4.57. The summed E-state index contributed by atoms with van der Waals surface area (Å²) in [5.74, 6) is 0.825. The van der Waals surface area contributed by atoms with Crippen LogP contribution >= 0.6 is 11.3 Å². The molecule has 2 rings (SSSR count). The highest BCUT2D eigenvalue weighted by molar-refractivity contribution is 7.09. The van der Waals surface area contributed by atoms with Gasteiger partial charge in [-0.1, -0.05) is 53.3 Å². The van der Waals surface area contributed by atoms with E-state index < -0.39 is 12.2 Å². The highest BCUT2D eigenvalue weighted by atomic mass is 32.1. The minimum atomic E-state index is -0.615. The van der Waals surface area contributed by atoms with Crippen molar-refractivity contribution < 1.29 is 14.9 Å². The Bertz CT molecular complexity index is 825. The number of aliphatic hydroxyl groups is 2. The molecule has 1 aliphatic rings. The molecule has 1 aliphatic heterocycles. The van der Waals surface area contributed by atoms with Gasteiger partial charge in [0.2, 0.25) is 0 Å². The van der Waals surface area contributed by atoms with E-state index in [1.54, 1.807) is 11.3 Å². The third-order valence-corrected chi connectivity index (χ3v) is 8.35. The van der Waals surface area contributed by atoms with Crippen molar-refractivity contribution in [3.8, 4) is 0 Å². The van der Waals surface area contributed by atoms with Gasteiger partial charge in [0.1, 0.15) is 6.10 Å². The van der Waals surface area contributed by atoms with Gasteiger partial charge in [-0.05, 0) is 62.0 Å². The second-order valence-corrected chi connectivity index (χ2v) is 11.7. The third kappa shape index (κ3) is 7.80. The summed E-state index contributed by atoms with van der Waals surface area (Å²) in [5.41, 5.74) is 1.71. The lowest BCUT2D eigenvalue weighted by Crippen LogP contribution is -2.45. The van der Waals surface area contributed by atoms with Gasteiger partial charge in [-0.3, -0.25) is 0 Å². The number of aromatic nitrogens is 1. The van der Waals surface area contributed by atoms with Crippen molar-refractivity contribution in [3.63, 3.8) is 0 Å². The summed E-state index contributed by atoms with van der Waals surface area (Å²) in [6.45, 7) is 18.7. The fraction of sp³-hybridized carbons (Fsp3) is 0.679. The Morgan fingerprint density at radius 1 is 1.24 bits per heavy atom. The number of aliphatic hydroxyl groups excluding tert-OH is 2. The predicted molar refractivity (Wildman–Crippen MR) is 140 cm³/mol. The fourth-order valence-electron chi connectivity index (χ4n) is 4.69. The number of thiazole rings is 1. The smallest absolute Gasteiger partial charge is 0.123 e. The van der Waals surface area contributed by atoms with Gasteiger partial charge in [0.05, 0.1) is 28.7 Å². The van der Waals surface area contributed by atoms with Crippen LogP contribution in [0.5, 0.6) is 0 Å². The van der Waals surface area contributed by atoms with Crippen LogP contribution in [0, 0.1) is 30.1 Å². The van der Waals surface area contributed by atoms with E-state index in [-0.39, 0.29) is 29.3 Å². The van der Waals surface area contributed by atoms with Crippen LogP contribution in [0.2, 0.25) is 0 Å². The molecule has 0 fully saturated rings. The number of aryl methyl sites for hydroxylation is 1. The molecule has 0 amide bonds. The molecule has 1 aromatic rings. The predicted octanol–water partition coefficient (Wildman–Crippen LogP) is 6.93. The zero-order chi connectivity index (χ0) is 24.8. The second kappa shape index (κ2) is 12.3. The normalized spacial score (nSPS) is 34.0. The molecule has 0 radical (unpaired) electrons. The summed E-state index contributed by atoms with van der Waals surface area (Å²) in [6.07, 6.45) is 9.66. The quantitative estimate of drug-likeness (QED) is 0.455. The van der Waals surface area contributed by atoms with E-state index in [0.29, 0.717) is 6.42 Å². The molecule has 2 heterocycles. The van der Waals surface area contributed by atoms with Crippen LogP contribution in [0.1, 0.15) is 84.3 Å². The Labute approximate surface area is 205 Å². The summed E-state index contributed by atoms with van der Waals surface area (Å²) in [7, 11) is 0. The highest BCUT2D eigenvalue weighted by Crippen LogP contribution is 2.40. The summed E-state index contributed by atoms with van der Waals surface area (Å²) in [6, 6.07) is 0. The standard InChI is InChI=1S/C28H45NO3S/c1-18-13-11-9-10-12-14-25(19(2)15-24-17-33-23(6)29-24)32-21(4)16-20(3)28(7,8)27(31)22(5)26(18)30/h10,12,15,17-18,20,22,25-27,30-31H,4,9,11,13-14,16H2,1-3,5-8H3/b12-10-,19-15+/t18?,20-,22?,25-,26?,27+/m0/s1. The molecule has 0 spiro atoms. The largest absolute Gasteiger partial charge is 0.491 e. The monoisotopic (exact) mass is 475 g/mol. The van der Waals surface area contributed by atoms with Gasteiger partial charge in [-0.15, -0.1) is 11.3 Å². The summed E-state index contributed by atoms with van der Waals surface area (Å²) >= 11 is 1.65. The van der Waals surface area contributed by atoms with Crippen LogP contribution in [-0.2, 0) is 4.74 Å². The maximum atomic E-state index is 11.2. The summed E-state index contributed by atoms with van der Waals surface area (Å²) < 4.78 is 6.39. The van der Waals surface area contributed by atoms with Gasteiger partial charge < -0.3 is 14.9 Å². The molecular formula is C28H45NO3S. The molecule has 186 valence electrons. The molecule has 1 aromatic heterocycles. The molecule has 0 aliphatic carbocycles.